The van der Waals surface area contributed by atoms with Crippen molar-refractivity contribution in [1.82, 2.24) is 14.8 Å². The quantitative estimate of drug-likeness (QED) is 0.484. The van der Waals surface area contributed by atoms with E-state index >= 15 is 0 Å². The summed E-state index contributed by atoms with van der Waals surface area (Å²) < 4.78 is 25.7. The Hall–Kier alpha value is -2.54. The molecular weight excluding hydrogens is 329 g/mol. The van der Waals surface area contributed by atoms with Crippen LogP contribution in [0, 0.1) is 5.82 Å². The van der Waals surface area contributed by atoms with Gasteiger partial charge in [-0.2, -0.15) is 0 Å². The van der Waals surface area contributed by atoms with E-state index in [0.717, 1.165) is 16.6 Å². The maximum atomic E-state index is 12.8. The number of rotatable bonds is 7. The van der Waals surface area contributed by atoms with Crippen LogP contribution in [-0.2, 0) is 0 Å². The number of benzene rings is 2. The molecule has 24 heavy (non-hydrogen) atoms. The summed E-state index contributed by atoms with van der Waals surface area (Å²) in [5.41, 5.74) is 0.881. The highest BCUT2D eigenvalue weighted by Crippen LogP contribution is 2.26. The van der Waals surface area contributed by atoms with Crippen molar-refractivity contribution in [3.8, 4) is 17.2 Å². The minimum atomic E-state index is -0.276. The summed E-state index contributed by atoms with van der Waals surface area (Å²) in [6.07, 6.45) is 1.65. The molecule has 0 saturated heterocycles. The second-order valence-electron chi connectivity index (χ2n) is 4.81. The SMILES string of the molecule is COc1ccccc1-n1cnnc1SCCOc1ccc(F)cc1. The zero-order chi connectivity index (χ0) is 16.8. The molecule has 0 fully saturated rings. The first-order valence-corrected chi connectivity index (χ1v) is 8.31. The Balaban J connectivity index is 1.61. The van der Waals surface area contributed by atoms with Crippen molar-refractivity contribution in [2.45, 2.75) is 5.16 Å². The normalized spacial score (nSPS) is 10.6. The van der Waals surface area contributed by atoms with Crippen molar-refractivity contribution >= 4 is 11.8 Å². The fourth-order valence-corrected chi connectivity index (χ4v) is 2.88. The van der Waals surface area contributed by atoms with Gasteiger partial charge in [0.15, 0.2) is 5.16 Å². The lowest BCUT2D eigenvalue weighted by atomic mass is 10.3. The smallest absolute Gasteiger partial charge is 0.195 e. The third kappa shape index (κ3) is 3.86. The average molecular weight is 345 g/mol. The first-order valence-electron chi connectivity index (χ1n) is 7.32. The molecule has 1 heterocycles. The molecule has 0 N–H and O–H groups in total. The molecule has 3 rings (SSSR count). The van der Waals surface area contributed by atoms with E-state index in [1.165, 1.54) is 23.9 Å². The number of methoxy groups -OCH3 is 1. The first-order chi connectivity index (χ1) is 11.8. The van der Waals surface area contributed by atoms with Gasteiger partial charge in [0.1, 0.15) is 23.6 Å². The van der Waals surface area contributed by atoms with Crippen LogP contribution >= 0.6 is 11.8 Å². The average Bonchev–Trinajstić information content (AvgIpc) is 3.08. The van der Waals surface area contributed by atoms with E-state index in [4.69, 9.17) is 9.47 Å². The molecule has 0 spiro atoms. The zero-order valence-corrected chi connectivity index (χ0v) is 13.9. The van der Waals surface area contributed by atoms with Gasteiger partial charge >= 0.3 is 0 Å². The molecule has 5 nitrogen and oxygen atoms in total. The number of thioether (sulfide) groups is 1. The van der Waals surface area contributed by atoms with Crippen molar-refractivity contribution in [3.05, 3.63) is 60.7 Å². The summed E-state index contributed by atoms with van der Waals surface area (Å²) in [6, 6.07) is 13.7. The predicted octanol–water partition coefficient (Wildman–Crippen LogP) is 3.59. The lowest BCUT2D eigenvalue weighted by Crippen LogP contribution is -2.03. The van der Waals surface area contributed by atoms with Gasteiger partial charge in [-0.05, 0) is 36.4 Å². The maximum absolute atomic E-state index is 12.8. The van der Waals surface area contributed by atoms with Crippen LogP contribution in [0.5, 0.6) is 11.5 Å². The molecule has 0 aliphatic rings. The van der Waals surface area contributed by atoms with E-state index in [1.54, 1.807) is 25.6 Å². The van der Waals surface area contributed by atoms with Gasteiger partial charge in [-0.3, -0.25) is 4.57 Å². The number of nitrogens with zero attached hydrogens (tertiary/aromatic N) is 3. The van der Waals surface area contributed by atoms with Gasteiger partial charge in [0.05, 0.1) is 19.4 Å². The van der Waals surface area contributed by atoms with Crippen LogP contribution < -0.4 is 9.47 Å². The molecule has 0 saturated carbocycles. The third-order valence-corrected chi connectivity index (χ3v) is 4.17. The molecule has 0 amide bonds. The Bertz CT molecular complexity index is 793. The van der Waals surface area contributed by atoms with Gasteiger partial charge in [-0.1, -0.05) is 23.9 Å². The highest BCUT2D eigenvalue weighted by atomic mass is 32.2. The molecule has 7 heteroatoms. The third-order valence-electron chi connectivity index (χ3n) is 3.26. The molecule has 0 unspecified atom stereocenters. The van der Waals surface area contributed by atoms with Gasteiger partial charge in [-0.25, -0.2) is 4.39 Å². The van der Waals surface area contributed by atoms with Crippen LogP contribution in [0.4, 0.5) is 4.39 Å². The van der Waals surface area contributed by atoms with Crippen LogP contribution in [0.1, 0.15) is 0 Å². The summed E-state index contributed by atoms with van der Waals surface area (Å²) in [4.78, 5) is 0. The molecule has 0 bridgehead atoms. The minimum absolute atomic E-state index is 0.276. The Morgan fingerprint density at radius 3 is 2.71 bits per heavy atom. The first kappa shape index (κ1) is 16.3. The molecule has 0 aliphatic heterocycles. The number of hydrogen-bond donors (Lipinski definition) is 0. The second-order valence-corrected chi connectivity index (χ2v) is 5.87. The standard InChI is InChI=1S/C17H16FN3O2S/c1-22-16-5-3-2-4-15(16)21-12-19-20-17(21)24-11-10-23-14-8-6-13(18)7-9-14/h2-9,12H,10-11H2,1H3. The van der Waals surface area contributed by atoms with Crippen LogP contribution in [0.3, 0.4) is 0 Å². The Morgan fingerprint density at radius 1 is 1.12 bits per heavy atom. The van der Waals surface area contributed by atoms with Crippen LogP contribution in [0.15, 0.2) is 60.0 Å². The minimum Gasteiger partial charge on any atom is -0.495 e. The highest BCUT2D eigenvalue weighted by Gasteiger charge is 2.11. The monoisotopic (exact) mass is 345 g/mol. The van der Waals surface area contributed by atoms with Crippen LogP contribution in [-0.4, -0.2) is 34.2 Å². The summed E-state index contributed by atoms with van der Waals surface area (Å²) in [5, 5.41) is 8.87. The van der Waals surface area contributed by atoms with Gasteiger partial charge in [0.2, 0.25) is 0 Å². The number of halogens is 1. The predicted molar refractivity (Wildman–Crippen MR) is 90.5 cm³/mol. The maximum Gasteiger partial charge on any atom is 0.195 e. The fourth-order valence-electron chi connectivity index (χ4n) is 2.14. The van der Waals surface area contributed by atoms with Gasteiger partial charge in [-0.15, -0.1) is 10.2 Å². The number of hydrogen-bond acceptors (Lipinski definition) is 5. The van der Waals surface area contributed by atoms with Crippen molar-refractivity contribution in [2.75, 3.05) is 19.5 Å². The molecule has 0 radical (unpaired) electrons. The van der Waals surface area contributed by atoms with Gasteiger partial charge in [0.25, 0.3) is 0 Å². The topological polar surface area (TPSA) is 49.2 Å². The lowest BCUT2D eigenvalue weighted by molar-refractivity contribution is 0.343. The number of aromatic nitrogens is 3. The number of para-hydroxylation sites is 2. The van der Waals surface area contributed by atoms with Gasteiger partial charge in [0, 0.05) is 5.75 Å². The summed E-state index contributed by atoms with van der Waals surface area (Å²) in [6.45, 7) is 0.481. The molecule has 0 atom stereocenters. The van der Waals surface area contributed by atoms with E-state index < -0.39 is 0 Å². The molecule has 1 aromatic heterocycles. The Labute approximate surface area is 143 Å². The van der Waals surface area contributed by atoms with E-state index in [0.29, 0.717) is 18.1 Å². The fraction of sp³-hybridized carbons (Fsp3) is 0.176. The van der Waals surface area contributed by atoms with Crippen molar-refractivity contribution in [1.29, 1.82) is 0 Å². The van der Waals surface area contributed by atoms with E-state index in [9.17, 15) is 4.39 Å². The van der Waals surface area contributed by atoms with Crippen molar-refractivity contribution in [3.63, 3.8) is 0 Å². The summed E-state index contributed by atoms with van der Waals surface area (Å²) >= 11 is 1.52. The second kappa shape index (κ2) is 7.83. The van der Waals surface area contributed by atoms with E-state index in [1.807, 2.05) is 28.8 Å². The molecular formula is C17H16FN3O2S. The van der Waals surface area contributed by atoms with E-state index in [2.05, 4.69) is 10.2 Å². The largest absolute Gasteiger partial charge is 0.495 e. The highest BCUT2D eigenvalue weighted by molar-refractivity contribution is 7.99. The lowest BCUT2D eigenvalue weighted by Gasteiger charge is -2.10. The van der Waals surface area contributed by atoms with Crippen molar-refractivity contribution in [2.24, 2.45) is 0 Å². The van der Waals surface area contributed by atoms with Gasteiger partial charge < -0.3 is 9.47 Å². The molecule has 124 valence electrons. The molecule has 2 aromatic carbocycles. The summed E-state index contributed by atoms with van der Waals surface area (Å²) in [5.74, 6) is 1.80. The Morgan fingerprint density at radius 2 is 1.92 bits per heavy atom. The number of ether oxygens (including phenoxy) is 2. The van der Waals surface area contributed by atoms with Crippen LogP contribution in [0.25, 0.3) is 5.69 Å². The zero-order valence-electron chi connectivity index (χ0n) is 13.1. The van der Waals surface area contributed by atoms with E-state index in [-0.39, 0.29) is 5.82 Å². The van der Waals surface area contributed by atoms with Crippen molar-refractivity contribution < 1.29 is 13.9 Å². The molecule has 0 aliphatic carbocycles. The van der Waals surface area contributed by atoms with Crippen LogP contribution in [0.2, 0.25) is 0 Å². The summed E-state index contributed by atoms with van der Waals surface area (Å²) in [7, 11) is 1.63. The molecule has 3 aromatic rings. The Kier molecular flexibility index (Phi) is 5.32.